The maximum absolute atomic E-state index is 12.2. The van der Waals surface area contributed by atoms with Crippen LogP contribution in [0.25, 0.3) is 0 Å². The normalized spacial score (nSPS) is 13.7. The molecule has 4 aromatic carbocycles. The first-order chi connectivity index (χ1) is 16.0. The zero-order valence-electron chi connectivity index (χ0n) is 17.8. The third-order valence-electron chi connectivity index (χ3n) is 5.75. The van der Waals surface area contributed by atoms with Crippen LogP contribution in [0.4, 0.5) is 0 Å². The summed E-state index contributed by atoms with van der Waals surface area (Å²) in [5, 5.41) is 11.2. The summed E-state index contributed by atoms with van der Waals surface area (Å²) in [5.74, 6) is -0.263. The first-order valence-corrected chi connectivity index (χ1v) is 12.0. The number of hydrogen-bond donors (Lipinski definition) is 1. The van der Waals surface area contributed by atoms with E-state index in [-0.39, 0.29) is 17.2 Å². The van der Waals surface area contributed by atoms with E-state index in [2.05, 4.69) is 0 Å². The highest BCUT2D eigenvalue weighted by molar-refractivity contribution is 7.82. The van der Waals surface area contributed by atoms with E-state index in [9.17, 15) is 13.5 Å². The van der Waals surface area contributed by atoms with Crippen molar-refractivity contribution in [1.29, 1.82) is 0 Å². The fraction of sp³-hybridized carbons (Fsp3) is 0.111. The number of hydrogen-bond acceptors (Lipinski definition) is 5. The van der Waals surface area contributed by atoms with Gasteiger partial charge in [-0.2, -0.15) is 0 Å². The quantitative estimate of drug-likeness (QED) is 0.431. The van der Waals surface area contributed by atoms with Crippen LogP contribution < -0.4 is 8.37 Å². The second-order valence-electron chi connectivity index (χ2n) is 8.00. The lowest BCUT2D eigenvalue weighted by Crippen LogP contribution is -2.09. The van der Waals surface area contributed by atoms with E-state index in [1.807, 2.05) is 91.0 Å². The van der Waals surface area contributed by atoms with Crippen LogP contribution in [0, 0.1) is 0 Å². The first kappa shape index (κ1) is 21.1. The predicted octanol–water partition coefficient (Wildman–Crippen LogP) is 5.18. The minimum Gasteiger partial charge on any atom is -0.504 e. The van der Waals surface area contributed by atoms with E-state index < -0.39 is 10.4 Å². The monoisotopic (exact) mass is 458 g/mol. The number of rotatable bonds is 6. The van der Waals surface area contributed by atoms with Crippen LogP contribution in [-0.2, 0) is 29.7 Å². The molecule has 0 saturated heterocycles. The van der Waals surface area contributed by atoms with Crippen molar-refractivity contribution in [2.24, 2.45) is 0 Å². The van der Waals surface area contributed by atoms with E-state index >= 15 is 0 Å². The number of aromatic hydroxyl groups is 1. The summed E-state index contributed by atoms with van der Waals surface area (Å²) in [4.78, 5) is 0. The highest BCUT2D eigenvalue weighted by Gasteiger charge is 2.37. The van der Waals surface area contributed by atoms with E-state index in [0.29, 0.717) is 30.4 Å². The number of phenols is 1. The molecule has 0 bridgehead atoms. The largest absolute Gasteiger partial charge is 0.504 e. The SMILES string of the molecule is O=S1(=O)Oc2c(O)c(Cc3ccccc3)c(Cc3ccccc3)c(Cc3ccccc3)c2O1. The molecular weight excluding hydrogens is 436 g/mol. The average Bonchev–Trinajstić information content (AvgIpc) is 3.16. The maximum atomic E-state index is 12.2. The average molecular weight is 459 g/mol. The van der Waals surface area contributed by atoms with E-state index in [4.69, 9.17) is 8.37 Å². The van der Waals surface area contributed by atoms with Gasteiger partial charge in [-0.15, -0.1) is 8.42 Å². The van der Waals surface area contributed by atoms with Crippen LogP contribution in [0.2, 0.25) is 0 Å². The summed E-state index contributed by atoms with van der Waals surface area (Å²) in [7, 11) is -4.28. The Hall–Kier alpha value is -3.77. The van der Waals surface area contributed by atoms with Crippen LogP contribution in [-0.4, -0.2) is 13.5 Å². The van der Waals surface area contributed by atoms with Crippen molar-refractivity contribution in [2.45, 2.75) is 19.3 Å². The van der Waals surface area contributed by atoms with Crippen LogP contribution >= 0.6 is 0 Å². The van der Waals surface area contributed by atoms with E-state index in [1.165, 1.54) is 0 Å². The van der Waals surface area contributed by atoms with Gasteiger partial charge < -0.3 is 13.5 Å². The molecule has 5 nitrogen and oxygen atoms in total. The van der Waals surface area contributed by atoms with Gasteiger partial charge in [-0.3, -0.25) is 0 Å². The molecule has 0 aromatic heterocycles. The Morgan fingerprint density at radius 3 is 1.42 bits per heavy atom. The molecule has 0 spiro atoms. The van der Waals surface area contributed by atoms with E-state index in [1.54, 1.807) is 0 Å². The van der Waals surface area contributed by atoms with Gasteiger partial charge in [0.05, 0.1) is 0 Å². The van der Waals surface area contributed by atoms with Gasteiger partial charge in [0.25, 0.3) is 0 Å². The maximum Gasteiger partial charge on any atom is 0.501 e. The summed E-state index contributed by atoms with van der Waals surface area (Å²) >= 11 is 0. The van der Waals surface area contributed by atoms with Gasteiger partial charge in [0.1, 0.15) is 0 Å². The molecule has 5 rings (SSSR count). The highest BCUT2D eigenvalue weighted by atomic mass is 32.3. The van der Waals surface area contributed by atoms with Crippen molar-refractivity contribution in [3.63, 3.8) is 0 Å². The summed E-state index contributed by atoms with van der Waals surface area (Å²) in [6.07, 6.45) is 1.37. The Balaban J connectivity index is 1.74. The van der Waals surface area contributed by atoms with Crippen molar-refractivity contribution in [1.82, 2.24) is 0 Å². The molecule has 1 N–H and O–H groups in total. The van der Waals surface area contributed by atoms with Gasteiger partial charge in [0.2, 0.25) is 5.75 Å². The van der Waals surface area contributed by atoms with Gasteiger partial charge >= 0.3 is 10.4 Å². The van der Waals surface area contributed by atoms with Crippen molar-refractivity contribution < 1.29 is 21.9 Å². The number of phenolic OH excluding ortho intramolecular Hbond substituents is 1. The predicted molar refractivity (Wildman–Crippen MR) is 126 cm³/mol. The first-order valence-electron chi connectivity index (χ1n) is 10.7. The smallest absolute Gasteiger partial charge is 0.501 e. The standard InChI is InChI=1S/C27H22O5S/c28-25-23(17-20-12-6-2-7-13-20)22(16-19-10-4-1-5-11-19)24(18-21-14-8-3-9-15-21)26-27(25)32-33(29,30)31-26/h1-15,28H,16-18H2. The fourth-order valence-electron chi connectivity index (χ4n) is 4.22. The molecule has 0 unspecified atom stereocenters. The molecule has 4 aromatic rings. The molecule has 166 valence electrons. The van der Waals surface area contributed by atoms with Crippen molar-refractivity contribution in [3.05, 3.63) is 124 Å². The lowest BCUT2D eigenvalue weighted by Gasteiger charge is -2.19. The van der Waals surface area contributed by atoms with Gasteiger partial charge in [-0.25, -0.2) is 0 Å². The summed E-state index contributed by atoms with van der Waals surface area (Å²) < 4.78 is 34.8. The molecule has 1 aliphatic heterocycles. The molecule has 0 saturated carbocycles. The fourth-order valence-corrected chi connectivity index (χ4v) is 4.99. The van der Waals surface area contributed by atoms with E-state index in [0.717, 1.165) is 22.3 Å². The van der Waals surface area contributed by atoms with Crippen molar-refractivity contribution in [3.8, 4) is 17.2 Å². The van der Waals surface area contributed by atoms with Gasteiger partial charge in [0.15, 0.2) is 11.5 Å². The van der Waals surface area contributed by atoms with Crippen LogP contribution in [0.15, 0.2) is 91.0 Å². The second-order valence-corrected chi connectivity index (χ2v) is 9.15. The molecular formula is C27H22O5S. The van der Waals surface area contributed by atoms with Crippen LogP contribution in [0.3, 0.4) is 0 Å². The topological polar surface area (TPSA) is 72.8 Å². The molecule has 1 aliphatic rings. The third kappa shape index (κ3) is 4.43. The van der Waals surface area contributed by atoms with Crippen LogP contribution in [0.1, 0.15) is 33.4 Å². The summed E-state index contributed by atoms with van der Waals surface area (Å²) in [5.41, 5.74) is 5.21. The number of fused-ring (bicyclic) bond motifs is 1. The van der Waals surface area contributed by atoms with Gasteiger partial charge in [0, 0.05) is 24.0 Å². The lowest BCUT2D eigenvalue weighted by atomic mass is 9.87. The minimum atomic E-state index is -4.28. The molecule has 6 heteroatoms. The Kier molecular flexibility index (Phi) is 5.52. The Morgan fingerprint density at radius 2 is 0.939 bits per heavy atom. The summed E-state index contributed by atoms with van der Waals surface area (Å²) in [6, 6.07) is 29.4. The second kappa shape index (κ2) is 8.64. The molecule has 0 amide bonds. The molecule has 33 heavy (non-hydrogen) atoms. The van der Waals surface area contributed by atoms with Crippen molar-refractivity contribution in [2.75, 3.05) is 0 Å². The lowest BCUT2D eigenvalue weighted by molar-refractivity contribution is 0.417. The Bertz CT molecular complexity index is 1380. The van der Waals surface area contributed by atoms with Crippen LogP contribution in [0.5, 0.6) is 17.2 Å². The minimum absolute atomic E-state index is 0.0686. The molecule has 1 heterocycles. The molecule has 0 fully saturated rings. The van der Waals surface area contributed by atoms with Gasteiger partial charge in [-0.1, -0.05) is 91.0 Å². The molecule has 0 atom stereocenters. The highest BCUT2D eigenvalue weighted by Crippen LogP contribution is 2.51. The Labute approximate surface area is 193 Å². The third-order valence-corrected chi connectivity index (χ3v) is 6.49. The molecule has 0 radical (unpaired) electrons. The van der Waals surface area contributed by atoms with Crippen molar-refractivity contribution >= 4 is 10.4 Å². The zero-order chi connectivity index (χ0) is 22.8. The molecule has 0 aliphatic carbocycles. The number of benzene rings is 4. The Morgan fingerprint density at radius 1 is 0.545 bits per heavy atom. The zero-order valence-corrected chi connectivity index (χ0v) is 18.6. The summed E-state index contributed by atoms with van der Waals surface area (Å²) in [6.45, 7) is 0. The van der Waals surface area contributed by atoms with Gasteiger partial charge in [-0.05, 0) is 28.7 Å².